The Morgan fingerprint density at radius 2 is 2.10 bits per heavy atom. The maximum Gasteiger partial charge on any atom is 0.251 e. The molecule has 1 heterocycles. The molecule has 5 nitrogen and oxygen atoms in total. The highest BCUT2D eigenvalue weighted by Crippen LogP contribution is 2.11. The number of pyridine rings is 1. The second-order valence-electron chi connectivity index (χ2n) is 5.12. The summed E-state index contributed by atoms with van der Waals surface area (Å²) in [5.41, 5.74) is 1.43. The van der Waals surface area contributed by atoms with Crippen LogP contribution in [0.4, 0.5) is 5.82 Å². The minimum Gasteiger partial charge on any atom is -0.380 e. The van der Waals surface area contributed by atoms with Crippen molar-refractivity contribution in [2.75, 3.05) is 25.6 Å². The first kappa shape index (κ1) is 16.4. The van der Waals surface area contributed by atoms with Gasteiger partial charge in [0, 0.05) is 24.9 Å². The number of hydrogen-bond donors (Lipinski definition) is 2. The molecule has 0 aliphatic carbocycles. The lowest BCUT2D eigenvalue weighted by molar-refractivity contribution is 0.0806. The first-order valence-electron chi connectivity index (χ1n) is 7.03. The second kappa shape index (κ2) is 7.85. The van der Waals surface area contributed by atoms with Crippen molar-refractivity contribution in [2.24, 2.45) is 5.92 Å². The molecule has 0 aromatic carbocycles. The molecule has 0 fully saturated rings. The molecular formula is C15H25N3O2. The third-order valence-corrected chi connectivity index (χ3v) is 3.09. The molecule has 1 aromatic rings. The van der Waals surface area contributed by atoms with Gasteiger partial charge in [-0.15, -0.1) is 0 Å². The van der Waals surface area contributed by atoms with E-state index in [1.807, 2.05) is 13.8 Å². The predicted molar refractivity (Wildman–Crippen MR) is 81.1 cm³/mol. The normalized spacial score (nSPS) is 12.3. The van der Waals surface area contributed by atoms with Crippen LogP contribution in [-0.4, -0.2) is 37.2 Å². The fourth-order valence-electron chi connectivity index (χ4n) is 1.83. The molecule has 0 aliphatic heterocycles. The van der Waals surface area contributed by atoms with Gasteiger partial charge >= 0.3 is 0 Å². The Hall–Kier alpha value is -1.62. The van der Waals surface area contributed by atoms with Crippen LogP contribution < -0.4 is 10.6 Å². The van der Waals surface area contributed by atoms with Gasteiger partial charge in [0.15, 0.2) is 0 Å². The summed E-state index contributed by atoms with van der Waals surface area (Å²) in [7, 11) is 1.79. The van der Waals surface area contributed by atoms with Gasteiger partial charge in [-0.25, -0.2) is 4.98 Å². The van der Waals surface area contributed by atoms with Crippen LogP contribution in [0.1, 0.15) is 36.8 Å². The second-order valence-corrected chi connectivity index (χ2v) is 5.12. The molecule has 0 bridgehead atoms. The summed E-state index contributed by atoms with van der Waals surface area (Å²) in [6, 6.07) is 3.54. The summed E-state index contributed by atoms with van der Waals surface area (Å²) in [6.45, 7) is 9.14. The van der Waals surface area contributed by atoms with E-state index < -0.39 is 0 Å². The maximum absolute atomic E-state index is 12.3. The van der Waals surface area contributed by atoms with Gasteiger partial charge in [0.1, 0.15) is 5.82 Å². The molecule has 20 heavy (non-hydrogen) atoms. The SMILES string of the molecule is CCOCC(NC(=O)c1cc(C)nc(NC)c1)C(C)C. The van der Waals surface area contributed by atoms with Crippen molar-refractivity contribution in [1.82, 2.24) is 10.3 Å². The minimum atomic E-state index is -0.0922. The molecule has 0 radical (unpaired) electrons. The summed E-state index contributed by atoms with van der Waals surface area (Å²) in [6.07, 6.45) is 0. The number of amides is 1. The Morgan fingerprint density at radius 3 is 2.65 bits per heavy atom. The summed E-state index contributed by atoms with van der Waals surface area (Å²) in [5, 5.41) is 5.98. The molecule has 0 spiro atoms. The highest BCUT2D eigenvalue weighted by Gasteiger charge is 2.18. The van der Waals surface area contributed by atoms with Crippen LogP contribution in [0, 0.1) is 12.8 Å². The number of ether oxygens (including phenoxy) is 1. The minimum absolute atomic E-state index is 0.00829. The van der Waals surface area contributed by atoms with E-state index in [9.17, 15) is 4.79 Å². The summed E-state index contributed by atoms with van der Waals surface area (Å²) in [4.78, 5) is 16.6. The van der Waals surface area contributed by atoms with Crippen LogP contribution in [0.25, 0.3) is 0 Å². The van der Waals surface area contributed by atoms with Gasteiger partial charge in [-0.05, 0) is 31.9 Å². The monoisotopic (exact) mass is 279 g/mol. The fourth-order valence-corrected chi connectivity index (χ4v) is 1.83. The Balaban J connectivity index is 2.80. The Morgan fingerprint density at radius 1 is 1.40 bits per heavy atom. The van der Waals surface area contributed by atoms with E-state index in [0.717, 1.165) is 5.69 Å². The van der Waals surface area contributed by atoms with Gasteiger partial charge in [-0.3, -0.25) is 4.79 Å². The number of carbonyl (C=O) groups is 1. The van der Waals surface area contributed by atoms with E-state index in [-0.39, 0.29) is 11.9 Å². The van der Waals surface area contributed by atoms with Gasteiger partial charge in [0.25, 0.3) is 5.91 Å². The molecule has 1 atom stereocenters. The van der Waals surface area contributed by atoms with Crippen molar-refractivity contribution in [3.63, 3.8) is 0 Å². The molecule has 1 rings (SSSR count). The summed E-state index contributed by atoms with van der Waals surface area (Å²) >= 11 is 0. The lowest BCUT2D eigenvalue weighted by atomic mass is 10.0. The Kier molecular flexibility index (Phi) is 6.45. The number of nitrogens with zero attached hydrogens (tertiary/aromatic N) is 1. The predicted octanol–water partition coefficient (Wildman–Crippen LogP) is 2.22. The van der Waals surface area contributed by atoms with Crippen LogP contribution in [0.3, 0.4) is 0 Å². The van der Waals surface area contributed by atoms with E-state index in [4.69, 9.17) is 4.74 Å². The molecular weight excluding hydrogens is 254 g/mol. The third kappa shape index (κ3) is 4.81. The molecule has 0 aliphatic rings. The topological polar surface area (TPSA) is 63.2 Å². The van der Waals surface area contributed by atoms with Crippen molar-refractivity contribution in [3.05, 3.63) is 23.4 Å². The van der Waals surface area contributed by atoms with Gasteiger partial charge in [0.05, 0.1) is 12.6 Å². The molecule has 0 saturated heterocycles. The van der Waals surface area contributed by atoms with Crippen molar-refractivity contribution < 1.29 is 9.53 Å². The van der Waals surface area contributed by atoms with Crippen molar-refractivity contribution in [2.45, 2.75) is 33.7 Å². The van der Waals surface area contributed by atoms with Crippen LogP contribution in [0.15, 0.2) is 12.1 Å². The van der Waals surface area contributed by atoms with Crippen LogP contribution in [0.2, 0.25) is 0 Å². The number of carbonyl (C=O) groups excluding carboxylic acids is 1. The number of nitrogens with one attached hydrogen (secondary N) is 2. The molecule has 2 N–H and O–H groups in total. The zero-order valence-corrected chi connectivity index (χ0v) is 13.0. The zero-order chi connectivity index (χ0) is 15.1. The largest absolute Gasteiger partial charge is 0.380 e. The smallest absolute Gasteiger partial charge is 0.251 e. The molecule has 112 valence electrons. The van der Waals surface area contributed by atoms with Gasteiger partial charge in [0.2, 0.25) is 0 Å². The van der Waals surface area contributed by atoms with E-state index in [2.05, 4.69) is 29.5 Å². The van der Waals surface area contributed by atoms with E-state index >= 15 is 0 Å². The number of rotatable bonds is 7. The average Bonchev–Trinajstić information content (AvgIpc) is 2.42. The number of aromatic nitrogens is 1. The standard InChI is InChI=1S/C15H25N3O2/c1-6-20-9-13(10(2)3)18-15(19)12-7-11(4)17-14(8-12)16-5/h7-8,10,13H,6,9H2,1-5H3,(H,16,17)(H,18,19). The van der Waals surface area contributed by atoms with Crippen LogP contribution in [-0.2, 0) is 4.74 Å². The zero-order valence-electron chi connectivity index (χ0n) is 13.0. The highest BCUT2D eigenvalue weighted by atomic mass is 16.5. The average molecular weight is 279 g/mol. The Bertz CT molecular complexity index is 447. The summed E-state index contributed by atoms with van der Waals surface area (Å²) < 4.78 is 5.42. The van der Waals surface area contributed by atoms with E-state index in [0.29, 0.717) is 30.5 Å². The van der Waals surface area contributed by atoms with Crippen LogP contribution >= 0.6 is 0 Å². The van der Waals surface area contributed by atoms with E-state index in [1.54, 1.807) is 19.2 Å². The third-order valence-electron chi connectivity index (χ3n) is 3.09. The lowest BCUT2D eigenvalue weighted by Gasteiger charge is -2.22. The maximum atomic E-state index is 12.3. The molecule has 5 heteroatoms. The van der Waals surface area contributed by atoms with Gasteiger partial charge < -0.3 is 15.4 Å². The number of aryl methyl sites for hydroxylation is 1. The van der Waals surface area contributed by atoms with E-state index in [1.165, 1.54) is 0 Å². The Labute approximate surface area is 121 Å². The lowest BCUT2D eigenvalue weighted by Crippen LogP contribution is -2.42. The molecule has 1 unspecified atom stereocenters. The number of anilines is 1. The quantitative estimate of drug-likeness (QED) is 0.803. The van der Waals surface area contributed by atoms with Crippen molar-refractivity contribution >= 4 is 11.7 Å². The van der Waals surface area contributed by atoms with Crippen molar-refractivity contribution in [3.8, 4) is 0 Å². The molecule has 0 saturated carbocycles. The van der Waals surface area contributed by atoms with Crippen LogP contribution in [0.5, 0.6) is 0 Å². The first-order valence-corrected chi connectivity index (χ1v) is 7.03. The molecule has 1 aromatic heterocycles. The molecule has 1 amide bonds. The van der Waals surface area contributed by atoms with Crippen molar-refractivity contribution in [1.29, 1.82) is 0 Å². The first-order chi connectivity index (χ1) is 9.47. The fraction of sp³-hybridized carbons (Fsp3) is 0.600. The van der Waals surface area contributed by atoms with Gasteiger partial charge in [-0.2, -0.15) is 0 Å². The summed E-state index contributed by atoms with van der Waals surface area (Å²) in [5.74, 6) is 0.920. The van der Waals surface area contributed by atoms with Gasteiger partial charge in [-0.1, -0.05) is 13.8 Å². The number of hydrogen-bond acceptors (Lipinski definition) is 4. The highest BCUT2D eigenvalue weighted by molar-refractivity contribution is 5.95.